The van der Waals surface area contributed by atoms with Gasteiger partial charge < -0.3 is 9.64 Å². The van der Waals surface area contributed by atoms with Crippen molar-refractivity contribution in [1.29, 1.82) is 0 Å². The number of aromatic nitrogens is 2. The van der Waals surface area contributed by atoms with Crippen LogP contribution in [-0.2, 0) is 10.9 Å². The molecule has 0 radical (unpaired) electrons. The van der Waals surface area contributed by atoms with Crippen LogP contribution in [0, 0.1) is 0 Å². The summed E-state index contributed by atoms with van der Waals surface area (Å²) in [6, 6.07) is 0.953. The molecular weight excluding hydrogens is 379 g/mol. The molecule has 0 N–H and O–H groups in total. The Morgan fingerprint density at radius 3 is 2.83 bits per heavy atom. The normalized spacial score (nSPS) is 23.9. The standard InChI is InChI=1S/C14H11BrF3N3O2/c15-10-1-7(14(16,17)18)4-21-11(3-19-12(10)21)13(22)20-5-9-2-8(20)6-23-9/h1,3-4,8-9H,2,5-6H2. The SMILES string of the molecule is O=C(c1cnc2c(Br)cc(C(F)(F)F)cn12)N1CC2CC1CO2. The van der Waals surface area contributed by atoms with Crippen molar-refractivity contribution in [3.8, 4) is 0 Å². The number of rotatable bonds is 1. The monoisotopic (exact) mass is 389 g/mol. The number of alkyl halides is 3. The molecule has 2 aromatic heterocycles. The minimum absolute atomic E-state index is 0.00714. The molecule has 2 atom stereocenters. The number of pyridine rings is 1. The first-order valence-electron chi connectivity index (χ1n) is 7.01. The van der Waals surface area contributed by atoms with E-state index in [1.807, 2.05) is 0 Å². The van der Waals surface area contributed by atoms with E-state index in [1.165, 1.54) is 10.6 Å². The minimum atomic E-state index is -4.50. The molecule has 2 aliphatic rings. The lowest BCUT2D eigenvalue weighted by Crippen LogP contribution is -2.41. The Labute approximate surface area is 137 Å². The molecule has 2 aromatic rings. The number of ether oxygens (including phenoxy) is 1. The van der Waals surface area contributed by atoms with Crippen molar-refractivity contribution < 1.29 is 22.7 Å². The highest BCUT2D eigenvalue weighted by molar-refractivity contribution is 9.10. The number of likely N-dealkylation sites (tertiary alicyclic amines) is 1. The Balaban J connectivity index is 1.78. The van der Waals surface area contributed by atoms with E-state index < -0.39 is 11.7 Å². The van der Waals surface area contributed by atoms with E-state index in [0.717, 1.165) is 18.7 Å². The molecule has 2 saturated heterocycles. The third-order valence-corrected chi connectivity index (χ3v) is 4.85. The largest absolute Gasteiger partial charge is 0.417 e. The van der Waals surface area contributed by atoms with Gasteiger partial charge in [0.05, 0.1) is 35.0 Å². The van der Waals surface area contributed by atoms with E-state index >= 15 is 0 Å². The Morgan fingerprint density at radius 1 is 1.43 bits per heavy atom. The molecule has 5 nitrogen and oxygen atoms in total. The third kappa shape index (κ3) is 2.33. The van der Waals surface area contributed by atoms with Gasteiger partial charge in [-0.05, 0) is 28.4 Å². The van der Waals surface area contributed by atoms with Gasteiger partial charge in [0.1, 0.15) is 5.69 Å². The molecule has 2 aliphatic heterocycles. The van der Waals surface area contributed by atoms with E-state index in [0.29, 0.717) is 13.2 Å². The maximum Gasteiger partial charge on any atom is 0.417 e. The first-order valence-corrected chi connectivity index (χ1v) is 7.80. The first-order chi connectivity index (χ1) is 10.8. The van der Waals surface area contributed by atoms with Crippen LogP contribution in [0.5, 0.6) is 0 Å². The van der Waals surface area contributed by atoms with Crippen LogP contribution in [-0.4, -0.2) is 45.5 Å². The van der Waals surface area contributed by atoms with Crippen molar-refractivity contribution in [2.45, 2.75) is 24.7 Å². The molecule has 23 heavy (non-hydrogen) atoms. The van der Waals surface area contributed by atoms with Crippen molar-refractivity contribution in [2.75, 3.05) is 13.2 Å². The van der Waals surface area contributed by atoms with Crippen LogP contribution >= 0.6 is 15.9 Å². The molecule has 122 valence electrons. The molecule has 2 bridgehead atoms. The molecule has 2 unspecified atom stereocenters. The quantitative estimate of drug-likeness (QED) is 0.753. The highest BCUT2D eigenvalue weighted by Crippen LogP contribution is 2.34. The van der Waals surface area contributed by atoms with E-state index in [9.17, 15) is 18.0 Å². The van der Waals surface area contributed by atoms with Gasteiger partial charge in [-0.2, -0.15) is 13.2 Å². The van der Waals surface area contributed by atoms with Crippen molar-refractivity contribution in [2.24, 2.45) is 0 Å². The first kappa shape index (κ1) is 14.9. The van der Waals surface area contributed by atoms with Gasteiger partial charge in [0.2, 0.25) is 0 Å². The van der Waals surface area contributed by atoms with Crippen molar-refractivity contribution in [3.05, 3.63) is 34.2 Å². The smallest absolute Gasteiger partial charge is 0.374 e. The summed E-state index contributed by atoms with van der Waals surface area (Å²) < 4.78 is 45.8. The Kier molecular flexibility index (Phi) is 3.21. The number of carbonyl (C=O) groups is 1. The van der Waals surface area contributed by atoms with Gasteiger partial charge in [-0.25, -0.2) is 4.98 Å². The average Bonchev–Trinajstić information content (AvgIpc) is 3.20. The van der Waals surface area contributed by atoms with Gasteiger partial charge in [-0.15, -0.1) is 0 Å². The van der Waals surface area contributed by atoms with Crippen LogP contribution < -0.4 is 0 Å². The second-order valence-electron chi connectivity index (χ2n) is 5.71. The summed E-state index contributed by atoms with van der Waals surface area (Å²) in [7, 11) is 0. The molecule has 1 amide bonds. The van der Waals surface area contributed by atoms with E-state index in [4.69, 9.17) is 4.74 Å². The maximum absolute atomic E-state index is 13.0. The molecule has 2 fully saturated rings. The summed E-state index contributed by atoms with van der Waals surface area (Å²) in [6.45, 7) is 0.946. The molecular formula is C14H11BrF3N3O2. The molecule has 0 saturated carbocycles. The number of hydrogen-bond acceptors (Lipinski definition) is 3. The van der Waals surface area contributed by atoms with Crippen LogP contribution in [0.15, 0.2) is 22.9 Å². The Bertz CT molecular complexity index is 804. The second kappa shape index (κ2) is 4.94. The number of hydrogen-bond donors (Lipinski definition) is 0. The fourth-order valence-corrected chi connectivity index (χ4v) is 3.69. The van der Waals surface area contributed by atoms with Crippen LogP contribution in [0.2, 0.25) is 0 Å². The highest BCUT2D eigenvalue weighted by Gasteiger charge is 2.42. The van der Waals surface area contributed by atoms with E-state index in [2.05, 4.69) is 20.9 Å². The lowest BCUT2D eigenvalue weighted by Gasteiger charge is -2.26. The number of halogens is 4. The van der Waals surface area contributed by atoms with E-state index in [-0.39, 0.29) is 33.9 Å². The van der Waals surface area contributed by atoms with Gasteiger partial charge in [0, 0.05) is 12.7 Å². The summed E-state index contributed by atoms with van der Waals surface area (Å²) in [5, 5.41) is 0. The van der Waals surface area contributed by atoms with Gasteiger partial charge in [-0.3, -0.25) is 9.20 Å². The van der Waals surface area contributed by atoms with Gasteiger partial charge in [0.25, 0.3) is 5.91 Å². The topological polar surface area (TPSA) is 46.8 Å². The third-order valence-electron chi connectivity index (χ3n) is 4.27. The summed E-state index contributed by atoms with van der Waals surface area (Å²) in [6.07, 6.45) is -1.47. The zero-order chi connectivity index (χ0) is 16.4. The molecule has 0 spiro atoms. The Morgan fingerprint density at radius 2 is 2.22 bits per heavy atom. The highest BCUT2D eigenvalue weighted by atomic mass is 79.9. The number of carbonyl (C=O) groups excluding carboxylic acids is 1. The summed E-state index contributed by atoms with van der Waals surface area (Å²) in [5.74, 6) is -0.320. The van der Waals surface area contributed by atoms with Crippen molar-refractivity contribution in [3.63, 3.8) is 0 Å². The molecule has 9 heteroatoms. The molecule has 4 heterocycles. The fourth-order valence-electron chi connectivity index (χ4n) is 3.15. The van der Waals surface area contributed by atoms with Crippen LogP contribution in [0.25, 0.3) is 5.65 Å². The van der Waals surface area contributed by atoms with Crippen molar-refractivity contribution >= 4 is 27.5 Å². The van der Waals surface area contributed by atoms with Gasteiger partial charge >= 0.3 is 6.18 Å². The molecule has 4 rings (SSSR count). The number of nitrogens with zero attached hydrogens (tertiary/aromatic N) is 3. The number of morpholine rings is 1. The lowest BCUT2D eigenvalue weighted by molar-refractivity contribution is -0.137. The summed E-state index contributed by atoms with van der Waals surface area (Å²) in [5.41, 5.74) is -0.434. The summed E-state index contributed by atoms with van der Waals surface area (Å²) >= 11 is 3.09. The van der Waals surface area contributed by atoms with E-state index in [1.54, 1.807) is 4.90 Å². The predicted octanol–water partition coefficient (Wildman–Crippen LogP) is 2.73. The number of imidazole rings is 1. The zero-order valence-corrected chi connectivity index (χ0v) is 13.3. The number of fused-ring (bicyclic) bond motifs is 3. The number of amides is 1. The zero-order valence-electron chi connectivity index (χ0n) is 11.7. The van der Waals surface area contributed by atoms with Crippen LogP contribution in [0.4, 0.5) is 13.2 Å². The average molecular weight is 390 g/mol. The lowest BCUT2D eigenvalue weighted by atomic mass is 10.2. The summed E-state index contributed by atoms with van der Waals surface area (Å²) in [4.78, 5) is 18.4. The predicted molar refractivity (Wildman–Crippen MR) is 77.1 cm³/mol. The van der Waals surface area contributed by atoms with Gasteiger partial charge in [0.15, 0.2) is 5.65 Å². The molecule has 0 aromatic carbocycles. The van der Waals surface area contributed by atoms with Gasteiger partial charge in [-0.1, -0.05) is 0 Å². The maximum atomic E-state index is 13.0. The van der Waals surface area contributed by atoms with Crippen LogP contribution in [0.3, 0.4) is 0 Å². The Hall–Kier alpha value is -1.61. The van der Waals surface area contributed by atoms with Crippen LogP contribution in [0.1, 0.15) is 22.5 Å². The fraction of sp³-hybridized carbons (Fsp3) is 0.429. The van der Waals surface area contributed by atoms with Crippen molar-refractivity contribution in [1.82, 2.24) is 14.3 Å². The second-order valence-corrected chi connectivity index (χ2v) is 6.57. The minimum Gasteiger partial charge on any atom is -0.374 e. The molecule has 0 aliphatic carbocycles.